The van der Waals surface area contributed by atoms with Crippen LogP contribution >= 0.6 is 11.8 Å². The molecule has 0 saturated carbocycles. The van der Waals surface area contributed by atoms with E-state index in [-0.39, 0.29) is 5.56 Å². The lowest BCUT2D eigenvalue weighted by atomic mass is 10.1. The van der Waals surface area contributed by atoms with E-state index in [0.717, 1.165) is 48.1 Å². The first-order valence-electron chi connectivity index (χ1n) is 6.06. The fourth-order valence-corrected chi connectivity index (χ4v) is 2.80. The van der Waals surface area contributed by atoms with Crippen LogP contribution in [0.1, 0.15) is 30.9 Å². The van der Waals surface area contributed by atoms with Gasteiger partial charge >= 0.3 is 0 Å². The molecule has 1 aliphatic rings. The summed E-state index contributed by atoms with van der Waals surface area (Å²) in [6.45, 7) is 5.99. The van der Waals surface area contributed by atoms with Crippen molar-refractivity contribution in [2.24, 2.45) is 5.92 Å². The molecule has 2 heterocycles. The second-order valence-corrected chi connectivity index (χ2v) is 5.80. The summed E-state index contributed by atoms with van der Waals surface area (Å²) in [5.41, 5.74) is 1.85. The highest BCUT2D eigenvalue weighted by Gasteiger charge is 2.14. The Hall–Kier alpha value is -0.810. The van der Waals surface area contributed by atoms with Gasteiger partial charge in [-0.2, -0.15) is 11.8 Å². The van der Waals surface area contributed by atoms with Crippen molar-refractivity contribution in [1.82, 2.24) is 15.3 Å². The van der Waals surface area contributed by atoms with Crippen LogP contribution in [0.3, 0.4) is 0 Å². The molecule has 0 bridgehead atoms. The molecule has 1 aromatic heterocycles. The van der Waals surface area contributed by atoms with E-state index in [4.69, 9.17) is 0 Å². The highest BCUT2D eigenvalue weighted by atomic mass is 32.2. The Balaban J connectivity index is 2.09. The van der Waals surface area contributed by atoms with E-state index in [1.807, 2.05) is 11.8 Å². The van der Waals surface area contributed by atoms with E-state index >= 15 is 0 Å². The number of nitrogens with zero attached hydrogens (tertiary/aromatic N) is 1. The molecular weight excluding hydrogens is 234 g/mol. The van der Waals surface area contributed by atoms with Gasteiger partial charge in [0.15, 0.2) is 0 Å². The molecule has 5 heteroatoms. The summed E-state index contributed by atoms with van der Waals surface area (Å²) in [6.07, 6.45) is 0.789. The van der Waals surface area contributed by atoms with Crippen LogP contribution in [0.25, 0.3) is 0 Å². The lowest BCUT2D eigenvalue weighted by Gasteiger charge is -2.15. The molecule has 94 valence electrons. The number of aromatic amines is 1. The van der Waals surface area contributed by atoms with Gasteiger partial charge in [0.25, 0.3) is 5.56 Å². The minimum Gasteiger partial charge on any atom is -0.311 e. The average Bonchev–Trinajstić information content (AvgIpc) is 2.28. The maximum atomic E-state index is 11.8. The molecule has 0 radical (unpaired) electrons. The summed E-state index contributed by atoms with van der Waals surface area (Å²) < 4.78 is 0. The normalized spacial score (nSPS) is 15.0. The van der Waals surface area contributed by atoms with E-state index in [2.05, 4.69) is 29.1 Å². The van der Waals surface area contributed by atoms with Crippen molar-refractivity contribution in [2.45, 2.75) is 32.6 Å². The Bertz CT molecular complexity index is 442. The van der Waals surface area contributed by atoms with E-state index in [0.29, 0.717) is 5.92 Å². The molecule has 0 spiro atoms. The van der Waals surface area contributed by atoms with Gasteiger partial charge in [-0.25, -0.2) is 4.98 Å². The molecule has 1 aromatic rings. The van der Waals surface area contributed by atoms with Crippen LogP contribution in [-0.2, 0) is 18.7 Å². The Morgan fingerprint density at radius 1 is 1.47 bits per heavy atom. The highest BCUT2D eigenvalue weighted by molar-refractivity contribution is 7.98. The lowest BCUT2D eigenvalue weighted by molar-refractivity contribution is 0.614. The Morgan fingerprint density at radius 2 is 2.29 bits per heavy atom. The smallest absolute Gasteiger partial charge is 0.254 e. The summed E-state index contributed by atoms with van der Waals surface area (Å²) >= 11 is 1.82. The maximum Gasteiger partial charge on any atom is 0.254 e. The van der Waals surface area contributed by atoms with Gasteiger partial charge < -0.3 is 10.3 Å². The van der Waals surface area contributed by atoms with Crippen molar-refractivity contribution < 1.29 is 0 Å². The molecule has 0 fully saturated rings. The van der Waals surface area contributed by atoms with Crippen LogP contribution in [0.5, 0.6) is 0 Å². The van der Waals surface area contributed by atoms with E-state index in [1.165, 1.54) is 0 Å². The van der Waals surface area contributed by atoms with E-state index < -0.39 is 0 Å². The SMILES string of the molecule is CC(C)CSCc1nc2c(c(=O)[nH]1)CCNC2. The topological polar surface area (TPSA) is 57.8 Å². The third-order valence-corrected chi connectivity index (χ3v) is 4.06. The Labute approximate surface area is 106 Å². The molecule has 0 aliphatic carbocycles. The van der Waals surface area contributed by atoms with Gasteiger partial charge in [-0.1, -0.05) is 13.8 Å². The Kier molecular flexibility index (Phi) is 4.23. The summed E-state index contributed by atoms with van der Waals surface area (Å²) in [5, 5.41) is 3.25. The largest absolute Gasteiger partial charge is 0.311 e. The molecule has 0 saturated heterocycles. The molecule has 4 nitrogen and oxygen atoms in total. The fourth-order valence-electron chi connectivity index (χ4n) is 1.88. The molecule has 2 rings (SSSR count). The maximum absolute atomic E-state index is 11.8. The predicted octanol–water partition coefficient (Wildman–Crippen LogP) is 1.30. The zero-order valence-corrected chi connectivity index (χ0v) is 11.2. The standard InChI is InChI=1S/C12H19N3OS/c1-8(2)6-17-7-11-14-10-5-13-4-3-9(10)12(16)15-11/h8,13H,3-7H2,1-2H3,(H,14,15,16). The van der Waals surface area contributed by atoms with Crippen molar-refractivity contribution in [3.63, 3.8) is 0 Å². The molecule has 0 unspecified atom stereocenters. The molecule has 1 aliphatic heterocycles. The second kappa shape index (κ2) is 5.69. The van der Waals surface area contributed by atoms with Crippen LogP contribution < -0.4 is 10.9 Å². The van der Waals surface area contributed by atoms with Crippen LogP contribution in [0.15, 0.2) is 4.79 Å². The summed E-state index contributed by atoms with van der Waals surface area (Å²) in [5.74, 6) is 3.37. The number of hydrogen-bond acceptors (Lipinski definition) is 4. The van der Waals surface area contributed by atoms with Crippen LogP contribution in [0.2, 0.25) is 0 Å². The third kappa shape index (κ3) is 3.33. The lowest BCUT2D eigenvalue weighted by Crippen LogP contribution is -2.31. The predicted molar refractivity (Wildman–Crippen MR) is 71.3 cm³/mol. The molecule has 0 aromatic carbocycles. The summed E-state index contributed by atoms with van der Waals surface area (Å²) in [4.78, 5) is 19.3. The van der Waals surface area contributed by atoms with Crippen molar-refractivity contribution in [1.29, 1.82) is 0 Å². The third-order valence-electron chi connectivity index (χ3n) is 2.68. The average molecular weight is 253 g/mol. The van der Waals surface area contributed by atoms with E-state index in [1.54, 1.807) is 0 Å². The molecule has 0 amide bonds. The number of aromatic nitrogens is 2. The van der Waals surface area contributed by atoms with Crippen LogP contribution in [-0.4, -0.2) is 22.3 Å². The minimum absolute atomic E-state index is 0.0525. The van der Waals surface area contributed by atoms with E-state index in [9.17, 15) is 4.79 Å². The Morgan fingerprint density at radius 3 is 3.06 bits per heavy atom. The van der Waals surface area contributed by atoms with Gasteiger partial charge in [-0.15, -0.1) is 0 Å². The van der Waals surface area contributed by atoms with Crippen molar-refractivity contribution >= 4 is 11.8 Å². The molecule has 17 heavy (non-hydrogen) atoms. The number of H-pyrrole nitrogens is 1. The first kappa shape index (κ1) is 12.6. The van der Waals surface area contributed by atoms with Crippen molar-refractivity contribution in [3.05, 3.63) is 27.4 Å². The zero-order valence-electron chi connectivity index (χ0n) is 10.4. The van der Waals surface area contributed by atoms with Crippen LogP contribution in [0.4, 0.5) is 0 Å². The fraction of sp³-hybridized carbons (Fsp3) is 0.667. The van der Waals surface area contributed by atoms with Gasteiger partial charge in [0.05, 0.1) is 11.4 Å². The van der Waals surface area contributed by atoms with Gasteiger partial charge in [0, 0.05) is 12.1 Å². The molecule has 0 atom stereocenters. The van der Waals surface area contributed by atoms with Crippen molar-refractivity contribution in [3.8, 4) is 0 Å². The second-order valence-electron chi connectivity index (χ2n) is 4.77. The summed E-state index contributed by atoms with van der Waals surface area (Å²) in [6, 6.07) is 0. The van der Waals surface area contributed by atoms with Crippen LogP contribution in [0, 0.1) is 5.92 Å². The summed E-state index contributed by atoms with van der Waals surface area (Å²) in [7, 11) is 0. The molecule has 2 N–H and O–H groups in total. The number of fused-ring (bicyclic) bond motifs is 1. The van der Waals surface area contributed by atoms with Gasteiger partial charge in [-0.3, -0.25) is 4.79 Å². The number of rotatable bonds is 4. The number of thioether (sulfide) groups is 1. The van der Waals surface area contributed by atoms with Crippen molar-refractivity contribution in [2.75, 3.05) is 12.3 Å². The number of nitrogens with one attached hydrogen (secondary N) is 2. The monoisotopic (exact) mass is 253 g/mol. The van der Waals surface area contributed by atoms with Gasteiger partial charge in [-0.05, 0) is 24.6 Å². The zero-order chi connectivity index (χ0) is 12.3. The van der Waals surface area contributed by atoms with Gasteiger partial charge in [0.1, 0.15) is 5.82 Å². The number of hydrogen-bond donors (Lipinski definition) is 2. The van der Waals surface area contributed by atoms with Gasteiger partial charge in [0.2, 0.25) is 0 Å². The minimum atomic E-state index is 0.0525. The molecular formula is C12H19N3OS. The quantitative estimate of drug-likeness (QED) is 0.849. The first-order valence-corrected chi connectivity index (χ1v) is 7.21. The highest BCUT2D eigenvalue weighted by Crippen LogP contribution is 2.13. The first-order chi connectivity index (χ1) is 8.16.